The van der Waals surface area contributed by atoms with Gasteiger partial charge in [-0.1, -0.05) is 11.6 Å². The molecule has 1 fully saturated rings. The van der Waals surface area contributed by atoms with E-state index in [0.717, 1.165) is 29.7 Å². The largest absolute Gasteiger partial charge is 0.474 e. The summed E-state index contributed by atoms with van der Waals surface area (Å²) in [5.74, 6) is -0.00399. The molecular weight excluding hydrogens is 455 g/mol. The minimum absolute atomic E-state index is 0.178. The molecule has 8 heteroatoms. The van der Waals surface area contributed by atoms with Gasteiger partial charge in [0.15, 0.2) is 0 Å². The summed E-state index contributed by atoms with van der Waals surface area (Å²) < 4.78 is 22.1. The maximum atomic E-state index is 14.9. The molecule has 0 spiro atoms. The second-order valence-electron chi connectivity index (χ2n) is 8.52. The fourth-order valence-corrected chi connectivity index (χ4v) is 3.84. The van der Waals surface area contributed by atoms with E-state index in [2.05, 4.69) is 15.1 Å². The zero-order valence-corrected chi connectivity index (χ0v) is 19.7. The van der Waals surface area contributed by atoms with E-state index in [0.29, 0.717) is 17.0 Å². The molecule has 6 nitrogen and oxygen atoms in total. The number of aryl methyl sites for hydroxylation is 2. The number of hydrogen-bond acceptors (Lipinski definition) is 5. The van der Waals surface area contributed by atoms with Gasteiger partial charge in [0.05, 0.1) is 5.52 Å². The van der Waals surface area contributed by atoms with Crippen LogP contribution < -0.4 is 10.2 Å². The molecule has 0 atom stereocenters. The van der Waals surface area contributed by atoms with Crippen LogP contribution in [0.5, 0.6) is 5.88 Å². The van der Waals surface area contributed by atoms with Crippen molar-refractivity contribution in [2.45, 2.75) is 39.7 Å². The van der Waals surface area contributed by atoms with Crippen LogP contribution in [0.1, 0.15) is 42.3 Å². The molecule has 0 aliphatic heterocycles. The van der Waals surface area contributed by atoms with Gasteiger partial charge in [0, 0.05) is 23.0 Å². The Balaban J connectivity index is 1.69. The Kier molecular flexibility index (Phi) is 5.65. The third kappa shape index (κ3) is 4.31. The van der Waals surface area contributed by atoms with Crippen LogP contribution in [0, 0.1) is 19.7 Å². The summed E-state index contributed by atoms with van der Waals surface area (Å²) in [6, 6.07) is 9.79. The maximum absolute atomic E-state index is 14.9. The normalized spacial score (nSPS) is 14.0. The first kappa shape index (κ1) is 22.2. The van der Waals surface area contributed by atoms with Gasteiger partial charge in [-0.3, -0.25) is 4.79 Å². The van der Waals surface area contributed by atoms with Crippen LogP contribution in [0.4, 0.5) is 4.39 Å². The highest BCUT2D eigenvalue weighted by Gasteiger charge is 2.24. The van der Waals surface area contributed by atoms with E-state index in [1.807, 2.05) is 32.1 Å². The van der Waals surface area contributed by atoms with Crippen LogP contribution in [-0.4, -0.2) is 25.9 Å². The summed E-state index contributed by atoms with van der Waals surface area (Å²) in [4.78, 5) is 22.2. The smallest absolute Gasteiger partial charge is 0.233 e. The molecule has 5 rings (SSSR count). The molecule has 1 aliphatic rings. The Morgan fingerprint density at radius 1 is 1.21 bits per heavy atom. The highest BCUT2D eigenvalue weighted by Crippen LogP contribution is 2.27. The van der Waals surface area contributed by atoms with E-state index in [4.69, 9.17) is 16.3 Å². The summed E-state index contributed by atoms with van der Waals surface area (Å²) in [6.07, 6.45) is 5.80. The summed E-state index contributed by atoms with van der Waals surface area (Å²) in [6.45, 7) is 5.52. The average molecular weight is 477 g/mol. The first-order chi connectivity index (χ1) is 16.3. The molecule has 3 aromatic heterocycles. The highest BCUT2D eigenvalue weighted by atomic mass is 35.5. The van der Waals surface area contributed by atoms with Crippen LogP contribution in [-0.2, 0) is 0 Å². The summed E-state index contributed by atoms with van der Waals surface area (Å²) >= 11 is 5.96. The van der Waals surface area contributed by atoms with E-state index in [-0.39, 0.29) is 33.5 Å². The number of halogens is 2. The molecule has 0 radical (unpaired) electrons. The van der Waals surface area contributed by atoms with E-state index >= 15 is 0 Å². The van der Waals surface area contributed by atoms with Gasteiger partial charge in [-0.05, 0) is 86.7 Å². The minimum Gasteiger partial charge on any atom is -0.474 e. The molecule has 0 unspecified atom stereocenters. The summed E-state index contributed by atoms with van der Waals surface area (Å²) in [7, 11) is 0. The first-order valence-corrected chi connectivity index (χ1v) is 11.4. The van der Waals surface area contributed by atoms with E-state index in [1.54, 1.807) is 25.3 Å². The molecule has 0 bridgehead atoms. The molecule has 0 N–H and O–H groups in total. The maximum Gasteiger partial charge on any atom is 0.233 e. The van der Waals surface area contributed by atoms with E-state index in [9.17, 15) is 9.18 Å². The Morgan fingerprint density at radius 2 is 2.00 bits per heavy atom. The number of fused-ring (bicyclic) bond motifs is 1. The van der Waals surface area contributed by atoms with Gasteiger partial charge in [0.2, 0.25) is 11.3 Å². The lowest BCUT2D eigenvalue weighted by Crippen LogP contribution is -2.20. The van der Waals surface area contributed by atoms with Crippen molar-refractivity contribution in [3.63, 3.8) is 0 Å². The molecule has 0 amide bonds. The summed E-state index contributed by atoms with van der Waals surface area (Å²) in [5, 5.41) is 4.85. The molecule has 3 heterocycles. The predicted octanol–water partition coefficient (Wildman–Crippen LogP) is 5.69. The minimum atomic E-state index is -0.549. The second-order valence-corrected chi connectivity index (χ2v) is 8.95. The zero-order chi connectivity index (χ0) is 24.0. The van der Waals surface area contributed by atoms with Crippen molar-refractivity contribution in [3.8, 4) is 11.6 Å². The number of aromatic nitrogens is 4. The molecule has 1 aromatic carbocycles. The second kappa shape index (κ2) is 8.65. The van der Waals surface area contributed by atoms with Crippen LogP contribution in [0.2, 0.25) is 5.02 Å². The number of ether oxygens (including phenoxy) is 1. The van der Waals surface area contributed by atoms with Gasteiger partial charge in [-0.15, -0.1) is 0 Å². The van der Waals surface area contributed by atoms with E-state index in [1.165, 1.54) is 16.8 Å². The third-order valence-electron chi connectivity index (χ3n) is 5.77. The molecule has 0 saturated heterocycles. The fourth-order valence-electron chi connectivity index (χ4n) is 3.68. The number of benzene rings is 1. The monoisotopic (exact) mass is 476 g/mol. The Hall–Kier alpha value is -3.58. The van der Waals surface area contributed by atoms with Crippen LogP contribution >= 0.6 is 11.6 Å². The van der Waals surface area contributed by atoms with Gasteiger partial charge in [-0.25, -0.2) is 19.0 Å². The highest BCUT2D eigenvalue weighted by molar-refractivity contribution is 6.30. The molecule has 4 aromatic rings. The van der Waals surface area contributed by atoms with Gasteiger partial charge in [-0.2, -0.15) is 5.10 Å². The van der Waals surface area contributed by atoms with Gasteiger partial charge in [0.1, 0.15) is 28.8 Å². The lowest BCUT2D eigenvalue weighted by Gasteiger charge is -2.14. The Labute approximate surface area is 200 Å². The Morgan fingerprint density at radius 3 is 2.74 bits per heavy atom. The quantitative estimate of drug-likeness (QED) is 0.370. The van der Waals surface area contributed by atoms with Crippen LogP contribution in [0.15, 0.2) is 47.4 Å². The van der Waals surface area contributed by atoms with Crippen molar-refractivity contribution < 1.29 is 9.13 Å². The summed E-state index contributed by atoms with van der Waals surface area (Å²) in [5.41, 5.74) is 3.72. The van der Waals surface area contributed by atoms with Crippen molar-refractivity contribution >= 4 is 34.3 Å². The molecule has 172 valence electrons. The lowest BCUT2D eigenvalue weighted by atomic mass is 10.1. The first-order valence-electron chi connectivity index (χ1n) is 11.0. The molecule has 34 heavy (non-hydrogen) atoms. The van der Waals surface area contributed by atoms with Crippen molar-refractivity contribution in [3.05, 3.63) is 86.2 Å². The fraction of sp³-hybridized carbons (Fsp3) is 0.231. The van der Waals surface area contributed by atoms with E-state index < -0.39 is 5.82 Å². The van der Waals surface area contributed by atoms with Crippen LogP contribution in [0.3, 0.4) is 0 Å². The van der Waals surface area contributed by atoms with Gasteiger partial charge in [0.25, 0.3) is 0 Å². The van der Waals surface area contributed by atoms with Gasteiger partial charge >= 0.3 is 0 Å². The zero-order valence-electron chi connectivity index (χ0n) is 19.0. The number of nitrogens with zero attached hydrogens (tertiary/aromatic N) is 4. The number of allylic oxidation sites excluding steroid dienone is 1. The van der Waals surface area contributed by atoms with Crippen molar-refractivity contribution in [1.29, 1.82) is 0 Å². The number of hydrogen-bond donors (Lipinski definition) is 0. The Bertz CT molecular complexity index is 1530. The predicted molar refractivity (Wildman–Crippen MR) is 131 cm³/mol. The van der Waals surface area contributed by atoms with Crippen molar-refractivity contribution in [1.82, 2.24) is 19.7 Å². The van der Waals surface area contributed by atoms with Crippen molar-refractivity contribution in [2.75, 3.05) is 0 Å². The van der Waals surface area contributed by atoms with Gasteiger partial charge < -0.3 is 4.74 Å². The topological polar surface area (TPSA) is 69.9 Å². The molecule has 1 saturated carbocycles. The number of rotatable bonds is 5. The number of pyridine rings is 2. The average Bonchev–Trinajstić information content (AvgIpc) is 3.60. The molecule has 1 aliphatic carbocycles. The lowest BCUT2D eigenvalue weighted by molar-refractivity contribution is 0.291. The van der Waals surface area contributed by atoms with Crippen LogP contribution in [0.25, 0.3) is 28.4 Å². The SMILES string of the molecule is C/C(=C\c1ccnc(OC2CC2)c1)c1nn(-c2ccc(Cl)cc2F)c2cc(C)c(C)nc2c1=O. The standard InChI is InChI=1S/C26H22ClFN4O2/c1-14-11-22-25(30-16(14)3)26(33)24(31-32(22)21-7-4-18(27)13-20(21)28)15(2)10-17-8-9-29-23(12-17)34-19-5-6-19/h4,7-13,19H,5-6H2,1-3H3/b15-10+. The van der Waals surface area contributed by atoms with Crippen molar-refractivity contribution in [2.24, 2.45) is 0 Å². The third-order valence-corrected chi connectivity index (χ3v) is 6.00. The molecular formula is C26H22ClFN4O2.